The van der Waals surface area contributed by atoms with Gasteiger partial charge in [-0.15, -0.1) is 0 Å². The Morgan fingerprint density at radius 3 is 2.95 bits per heavy atom. The second-order valence-electron chi connectivity index (χ2n) is 5.23. The zero-order valence-electron chi connectivity index (χ0n) is 12.1. The van der Waals surface area contributed by atoms with Gasteiger partial charge in [-0.2, -0.15) is 5.10 Å². The smallest absolute Gasteiger partial charge is 0.272 e. The van der Waals surface area contributed by atoms with Crippen LogP contribution in [0.25, 0.3) is 10.9 Å². The largest absolute Gasteiger partial charge is 0.351 e. The van der Waals surface area contributed by atoms with E-state index >= 15 is 0 Å². The number of hydrogen-bond donors (Lipinski definition) is 2. The van der Waals surface area contributed by atoms with E-state index in [-0.39, 0.29) is 5.91 Å². The minimum atomic E-state index is -0.109. The zero-order chi connectivity index (χ0) is 14.5. The van der Waals surface area contributed by atoms with Crippen molar-refractivity contribution in [3.8, 4) is 0 Å². The van der Waals surface area contributed by atoms with Crippen molar-refractivity contribution in [1.82, 2.24) is 15.1 Å². The standard InChI is InChI=1S/C15H22N4O/c1-11(10-16)6-5-9-17-15(20)14-12-7-3-4-8-13(12)19(2)18-14/h3-4,7-8,11H,5-6,9-10,16H2,1-2H3,(H,17,20). The third-order valence-corrected chi connectivity index (χ3v) is 3.53. The Morgan fingerprint density at radius 2 is 2.20 bits per heavy atom. The average molecular weight is 274 g/mol. The van der Waals surface area contributed by atoms with E-state index in [0.29, 0.717) is 24.7 Å². The highest BCUT2D eigenvalue weighted by molar-refractivity contribution is 6.04. The summed E-state index contributed by atoms with van der Waals surface area (Å²) in [6.45, 7) is 3.47. The predicted molar refractivity (Wildman–Crippen MR) is 80.5 cm³/mol. The van der Waals surface area contributed by atoms with Crippen molar-refractivity contribution in [2.75, 3.05) is 13.1 Å². The number of rotatable bonds is 6. The van der Waals surface area contributed by atoms with Crippen LogP contribution in [0.4, 0.5) is 0 Å². The summed E-state index contributed by atoms with van der Waals surface area (Å²) in [5.74, 6) is 0.393. The number of nitrogens with two attached hydrogens (primary N) is 1. The summed E-state index contributed by atoms with van der Waals surface area (Å²) in [4.78, 5) is 12.2. The second-order valence-corrected chi connectivity index (χ2v) is 5.23. The number of nitrogens with one attached hydrogen (secondary N) is 1. The molecule has 1 heterocycles. The molecule has 1 unspecified atom stereocenters. The van der Waals surface area contributed by atoms with E-state index < -0.39 is 0 Å². The van der Waals surface area contributed by atoms with Crippen molar-refractivity contribution in [2.45, 2.75) is 19.8 Å². The monoisotopic (exact) mass is 274 g/mol. The molecule has 5 heteroatoms. The number of benzene rings is 1. The second kappa shape index (κ2) is 6.52. The first-order chi connectivity index (χ1) is 9.63. The summed E-state index contributed by atoms with van der Waals surface area (Å²) in [5, 5.41) is 8.12. The molecule has 0 aliphatic heterocycles. The molecule has 0 radical (unpaired) electrons. The molecule has 0 aliphatic carbocycles. The highest BCUT2D eigenvalue weighted by atomic mass is 16.1. The van der Waals surface area contributed by atoms with Crippen LogP contribution in [-0.4, -0.2) is 28.8 Å². The first-order valence-corrected chi connectivity index (χ1v) is 7.03. The van der Waals surface area contributed by atoms with Gasteiger partial charge in [-0.25, -0.2) is 0 Å². The van der Waals surface area contributed by atoms with E-state index in [1.54, 1.807) is 4.68 Å². The van der Waals surface area contributed by atoms with Gasteiger partial charge in [0.2, 0.25) is 0 Å². The Bertz CT molecular complexity index is 591. The molecule has 3 N–H and O–H groups in total. The first kappa shape index (κ1) is 14.5. The van der Waals surface area contributed by atoms with Crippen LogP contribution in [0, 0.1) is 5.92 Å². The summed E-state index contributed by atoms with van der Waals surface area (Å²) in [6, 6.07) is 7.75. The lowest BCUT2D eigenvalue weighted by Crippen LogP contribution is -2.26. The van der Waals surface area contributed by atoms with Crippen LogP contribution in [0.1, 0.15) is 30.3 Å². The van der Waals surface area contributed by atoms with Crippen molar-refractivity contribution < 1.29 is 4.79 Å². The minimum absolute atomic E-state index is 0.109. The molecular weight excluding hydrogens is 252 g/mol. The summed E-state index contributed by atoms with van der Waals surface area (Å²) in [5.41, 5.74) is 7.03. The minimum Gasteiger partial charge on any atom is -0.351 e. The van der Waals surface area contributed by atoms with Gasteiger partial charge in [0.1, 0.15) is 0 Å². The molecule has 1 atom stereocenters. The van der Waals surface area contributed by atoms with Gasteiger partial charge in [0.25, 0.3) is 5.91 Å². The lowest BCUT2D eigenvalue weighted by atomic mass is 10.1. The Morgan fingerprint density at radius 1 is 1.45 bits per heavy atom. The highest BCUT2D eigenvalue weighted by Gasteiger charge is 2.14. The van der Waals surface area contributed by atoms with Crippen molar-refractivity contribution in [2.24, 2.45) is 18.7 Å². The Labute approximate surface area is 119 Å². The number of aryl methyl sites for hydroxylation is 1. The molecular formula is C15H22N4O. The van der Waals surface area contributed by atoms with Crippen LogP contribution in [0.3, 0.4) is 0 Å². The molecule has 0 saturated carbocycles. The third kappa shape index (κ3) is 3.17. The molecule has 1 amide bonds. The van der Waals surface area contributed by atoms with E-state index in [1.165, 1.54) is 0 Å². The number of carbonyl (C=O) groups is 1. The van der Waals surface area contributed by atoms with Crippen molar-refractivity contribution in [3.63, 3.8) is 0 Å². The number of amides is 1. The predicted octanol–water partition coefficient (Wildman–Crippen LogP) is 1.68. The fourth-order valence-corrected chi connectivity index (χ4v) is 2.24. The number of carbonyl (C=O) groups excluding carboxylic acids is 1. The zero-order valence-corrected chi connectivity index (χ0v) is 12.1. The topological polar surface area (TPSA) is 72.9 Å². The summed E-state index contributed by atoms with van der Waals surface area (Å²) < 4.78 is 1.74. The number of hydrogen-bond acceptors (Lipinski definition) is 3. The first-order valence-electron chi connectivity index (χ1n) is 7.03. The van der Waals surface area contributed by atoms with Crippen LogP contribution >= 0.6 is 0 Å². The molecule has 20 heavy (non-hydrogen) atoms. The van der Waals surface area contributed by atoms with Gasteiger partial charge in [-0.05, 0) is 31.4 Å². The molecule has 0 aliphatic rings. The molecule has 2 rings (SSSR count). The van der Waals surface area contributed by atoms with E-state index in [2.05, 4.69) is 17.3 Å². The maximum Gasteiger partial charge on any atom is 0.272 e. The number of aromatic nitrogens is 2. The van der Waals surface area contributed by atoms with E-state index in [4.69, 9.17) is 5.73 Å². The van der Waals surface area contributed by atoms with E-state index in [1.807, 2.05) is 31.3 Å². The van der Waals surface area contributed by atoms with Crippen molar-refractivity contribution in [3.05, 3.63) is 30.0 Å². The maximum atomic E-state index is 12.2. The normalized spacial score (nSPS) is 12.6. The Hall–Kier alpha value is -1.88. The van der Waals surface area contributed by atoms with Gasteiger partial charge in [-0.3, -0.25) is 9.48 Å². The van der Waals surface area contributed by atoms with Crippen molar-refractivity contribution >= 4 is 16.8 Å². The quantitative estimate of drug-likeness (QED) is 0.787. The number of nitrogens with zero attached hydrogens (tertiary/aromatic N) is 2. The lowest BCUT2D eigenvalue weighted by molar-refractivity contribution is 0.0948. The molecule has 1 aromatic carbocycles. The van der Waals surface area contributed by atoms with Gasteiger partial charge < -0.3 is 11.1 Å². The van der Waals surface area contributed by atoms with Crippen LogP contribution in [0.5, 0.6) is 0 Å². The SMILES string of the molecule is CC(CN)CCCNC(=O)c1nn(C)c2ccccc12. The van der Waals surface area contributed by atoms with E-state index in [9.17, 15) is 4.79 Å². The molecule has 5 nitrogen and oxygen atoms in total. The van der Waals surface area contributed by atoms with Crippen LogP contribution in [0.15, 0.2) is 24.3 Å². The fraction of sp³-hybridized carbons (Fsp3) is 0.467. The highest BCUT2D eigenvalue weighted by Crippen LogP contribution is 2.17. The van der Waals surface area contributed by atoms with Crippen molar-refractivity contribution in [1.29, 1.82) is 0 Å². The third-order valence-electron chi connectivity index (χ3n) is 3.53. The molecule has 0 spiro atoms. The van der Waals surface area contributed by atoms with Gasteiger partial charge in [0, 0.05) is 19.0 Å². The molecule has 2 aromatic rings. The van der Waals surface area contributed by atoms with Gasteiger partial charge >= 0.3 is 0 Å². The average Bonchev–Trinajstić information content (AvgIpc) is 2.81. The van der Waals surface area contributed by atoms with Crippen LogP contribution in [-0.2, 0) is 7.05 Å². The molecule has 1 aromatic heterocycles. The van der Waals surface area contributed by atoms with E-state index in [0.717, 1.165) is 23.7 Å². The Balaban J connectivity index is 1.98. The lowest BCUT2D eigenvalue weighted by Gasteiger charge is -2.08. The van der Waals surface area contributed by atoms with Crippen LogP contribution < -0.4 is 11.1 Å². The van der Waals surface area contributed by atoms with Gasteiger partial charge in [0.15, 0.2) is 5.69 Å². The summed E-state index contributed by atoms with van der Waals surface area (Å²) in [6.07, 6.45) is 1.97. The summed E-state index contributed by atoms with van der Waals surface area (Å²) in [7, 11) is 1.85. The summed E-state index contributed by atoms with van der Waals surface area (Å²) >= 11 is 0. The fourth-order valence-electron chi connectivity index (χ4n) is 2.24. The molecule has 0 fully saturated rings. The number of fused-ring (bicyclic) bond motifs is 1. The van der Waals surface area contributed by atoms with Crippen LogP contribution in [0.2, 0.25) is 0 Å². The van der Waals surface area contributed by atoms with Gasteiger partial charge in [-0.1, -0.05) is 25.1 Å². The molecule has 108 valence electrons. The van der Waals surface area contributed by atoms with Gasteiger partial charge in [0.05, 0.1) is 5.52 Å². The number of para-hydroxylation sites is 1. The molecule has 0 bridgehead atoms. The molecule has 0 saturated heterocycles. The maximum absolute atomic E-state index is 12.2. The Kier molecular flexibility index (Phi) is 4.74.